The number of nitrogens with zero attached hydrogens (tertiary/aromatic N) is 2. The van der Waals surface area contributed by atoms with Crippen LogP contribution in [0.2, 0.25) is 0 Å². The maximum absolute atomic E-state index is 10.8. The highest BCUT2D eigenvalue weighted by molar-refractivity contribution is 5.72. The van der Waals surface area contributed by atoms with Gasteiger partial charge in [-0.15, -0.1) is 0 Å². The minimum absolute atomic E-state index is 0.0542. The first-order valence-electron chi connectivity index (χ1n) is 6.94. The normalized spacial score (nSPS) is 16.4. The van der Waals surface area contributed by atoms with Gasteiger partial charge in [-0.25, -0.2) is 0 Å². The van der Waals surface area contributed by atoms with E-state index in [-0.39, 0.29) is 5.91 Å². The summed E-state index contributed by atoms with van der Waals surface area (Å²) < 4.78 is 0. The first-order valence-corrected chi connectivity index (χ1v) is 6.94. The Balaban J connectivity index is 1.79. The van der Waals surface area contributed by atoms with Gasteiger partial charge in [0, 0.05) is 51.9 Å². The molecule has 1 N–H and O–H groups in total. The van der Waals surface area contributed by atoms with Crippen molar-refractivity contribution in [1.82, 2.24) is 10.2 Å². The molecule has 1 heterocycles. The van der Waals surface area contributed by atoms with Crippen molar-refractivity contribution in [1.29, 1.82) is 0 Å². The Morgan fingerprint density at radius 2 is 1.89 bits per heavy atom. The summed E-state index contributed by atoms with van der Waals surface area (Å²) in [5.74, 6) is 0.0542. The van der Waals surface area contributed by atoms with E-state index < -0.39 is 0 Å². The Kier molecular flexibility index (Phi) is 4.80. The predicted molar refractivity (Wildman–Crippen MR) is 78.5 cm³/mol. The van der Waals surface area contributed by atoms with Gasteiger partial charge >= 0.3 is 0 Å². The maximum Gasteiger partial charge on any atom is 0.216 e. The molecule has 1 aromatic rings. The van der Waals surface area contributed by atoms with Gasteiger partial charge in [0.1, 0.15) is 0 Å². The number of benzene rings is 1. The summed E-state index contributed by atoms with van der Waals surface area (Å²) in [5, 5.41) is 2.85. The van der Waals surface area contributed by atoms with E-state index in [1.165, 1.54) is 11.3 Å². The lowest BCUT2D eigenvalue weighted by atomic mass is 10.1. The number of piperazine rings is 1. The Morgan fingerprint density at radius 3 is 2.53 bits per heavy atom. The van der Waals surface area contributed by atoms with Crippen LogP contribution in [0, 0.1) is 6.92 Å². The SMILES string of the molecule is CC(=O)NCCN1CCN(c2ccccc2C)CC1. The van der Waals surface area contributed by atoms with Crippen LogP contribution in [0.3, 0.4) is 0 Å². The quantitative estimate of drug-likeness (QED) is 0.886. The lowest BCUT2D eigenvalue weighted by molar-refractivity contribution is -0.119. The van der Waals surface area contributed by atoms with Crippen LogP contribution in [0.5, 0.6) is 0 Å². The second kappa shape index (κ2) is 6.57. The number of para-hydroxylation sites is 1. The third-order valence-corrected chi connectivity index (χ3v) is 3.63. The van der Waals surface area contributed by atoms with Gasteiger partial charge in [-0.05, 0) is 18.6 Å². The van der Waals surface area contributed by atoms with E-state index in [0.29, 0.717) is 0 Å². The Morgan fingerprint density at radius 1 is 1.21 bits per heavy atom. The van der Waals surface area contributed by atoms with Crippen molar-refractivity contribution >= 4 is 11.6 Å². The monoisotopic (exact) mass is 261 g/mol. The smallest absolute Gasteiger partial charge is 0.216 e. The van der Waals surface area contributed by atoms with Crippen LogP contribution >= 0.6 is 0 Å². The highest BCUT2D eigenvalue weighted by Gasteiger charge is 2.17. The molecule has 0 spiro atoms. The molecule has 19 heavy (non-hydrogen) atoms. The fourth-order valence-electron chi connectivity index (χ4n) is 2.52. The Hall–Kier alpha value is -1.55. The number of rotatable bonds is 4. The van der Waals surface area contributed by atoms with E-state index in [1.807, 2.05) is 0 Å². The van der Waals surface area contributed by atoms with Crippen LogP contribution in [-0.4, -0.2) is 50.1 Å². The van der Waals surface area contributed by atoms with Gasteiger partial charge in [0.2, 0.25) is 5.91 Å². The molecule has 0 atom stereocenters. The first-order chi connectivity index (χ1) is 9.16. The van der Waals surface area contributed by atoms with E-state index in [0.717, 1.165) is 39.3 Å². The van der Waals surface area contributed by atoms with Gasteiger partial charge < -0.3 is 10.2 Å². The number of hydrogen-bond acceptors (Lipinski definition) is 3. The zero-order chi connectivity index (χ0) is 13.7. The fraction of sp³-hybridized carbons (Fsp3) is 0.533. The summed E-state index contributed by atoms with van der Waals surface area (Å²) in [6, 6.07) is 8.55. The lowest BCUT2D eigenvalue weighted by Gasteiger charge is -2.36. The molecule has 1 aliphatic heterocycles. The Labute approximate surface area is 115 Å². The third kappa shape index (κ3) is 3.96. The van der Waals surface area contributed by atoms with Crippen LogP contribution in [0.25, 0.3) is 0 Å². The number of aryl methyl sites for hydroxylation is 1. The maximum atomic E-state index is 10.8. The molecule has 0 aromatic heterocycles. The van der Waals surface area contributed by atoms with Gasteiger partial charge in [-0.1, -0.05) is 18.2 Å². The number of hydrogen-bond donors (Lipinski definition) is 1. The van der Waals surface area contributed by atoms with Crippen LogP contribution in [0.4, 0.5) is 5.69 Å². The summed E-state index contributed by atoms with van der Waals surface area (Å²) in [5.41, 5.74) is 2.69. The molecule has 1 saturated heterocycles. The number of anilines is 1. The topological polar surface area (TPSA) is 35.6 Å². The molecule has 1 amide bonds. The van der Waals surface area contributed by atoms with E-state index in [2.05, 4.69) is 46.3 Å². The van der Waals surface area contributed by atoms with Crippen molar-refractivity contribution in [3.63, 3.8) is 0 Å². The van der Waals surface area contributed by atoms with E-state index in [1.54, 1.807) is 6.92 Å². The van der Waals surface area contributed by atoms with Crippen molar-refractivity contribution in [3.8, 4) is 0 Å². The molecule has 4 nitrogen and oxygen atoms in total. The van der Waals surface area contributed by atoms with E-state index >= 15 is 0 Å². The van der Waals surface area contributed by atoms with Gasteiger partial charge in [0.25, 0.3) is 0 Å². The second-order valence-corrected chi connectivity index (χ2v) is 5.10. The molecule has 1 fully saturated rings. The molecule has 1 aliphatic rings. The Bertz CT molecular complexity index is 425. The molecule has 0 aliphatic carbocycles. The number of amides is 1. The van der Waals surface area contributed by atoms with Gasteiger partial charge in [-0.3, -0.25) is 9.69 Å². The first kappa shape index (κ1) is 13.9. The van der Waals surface area contributed by atoms with Gasteiger partial charge in [-0.2, -0.15) is 0 Å². The molecular formula is C15H23N3O. The van der Waals surface area contributed by atoms with Crippen LogP contribution in [0.15, 0.2) is 24.3 Å². The summed E-state index contributed by atoms with van der Waals surface area (Å²) in [6.07, 6.45) is 0. The van der Waals surface area contributed by atoms with Crippen LogP contribution in [-0.2, 0) is 4.79 Å². The minimum atomic E-state index is 0.0542. The standard InChI is InChI=1S/C15H23N3O/c1-13-5-3-4-6-15(13)18-11-9-17(10-12-18)8-7-16-14(2)19/h3-6H,7-12H2,1-2H3,(H,16,19). The zero-order valence-electron chi connectivity index (χ0n) is 11.9. The fourth-order valence-corrected chi connectivity index (χ4v) is 2.52. The molecule has 4 heteroatoms. The highest BCUT2D eigenvalue weighted by atomic mass is 16.1. The molecule has 0 radical (unpaired) electrons. The summed E-state index contributed by atoms with van der Waals surface area (Å²) >= 11 is 0. The van der Waals surface area contributed by atoms with Crippen molar-refractivity contribution in [2.75, 3.05) is 44.2 Å². The van der Waals surface area contributed by atoms with Crippen molar-refractivity contribution in [3.05, 3.63) is 29.8 Å². The summed E-state index contributed by atoms with van der Waals surface area (Å²) in [4.78, 5) is 15.7. The molecule has 2 rings (SSSR count). The summed E-state index contributed by atoms with van der Waals surface area (Å²) in [6.45, 7) is 9.67. The van der Waals surface area contributed by atoms with Crippen molar-refractivity contribution in [2.24, 2.45) is 0 Å². The number of nitrogens with one attached hydrogen (secondary N) is 1. The molecule has 104 valence electrons. The molecule has 0 saturated carbocycles. The van der Waals surface area contributed by atoms with Gasteiger partial charge in [0.15, 0.2) is 0 Å². The average molecular weight is 261 g/mol. The second-order valence-electron chi connectivity index (χ2n) is 5.10. The number of carbonyl (C=O) groups is 1. The van der Waals surface area contributed by atoms with E-state index in [4.69, 9.17) is 0 Å². The third-order valence-electron chi connectivity index (χ3n) is 3.63. The van der Waals surface area contributed by atoms with Crippen molar-refractivity contribution in [2.45, 2.75) is 13.8 Å². The molecular weight excluding hydrogens is 238 g/mol. The predicted octanol–water partition coefficient (Wildman–Crippen LogP) is 1.25. The highest BCUT2D eigenvalue weighted by Crippen LogP contribution is 2.20. The molecule has 0 unspecified atom stereocenters. The average Bonchev–Trinajstić information content (AvgIpc) is 2.40. The largest absolute Gasteiger partial charge is 0.369 e. The van der Waals surface area contributed by atoms with E-state index in [9.17, 15) is 4.79 Å². The van der Waals surface area contributed by atoms with Crippen LogP contribution in [0.1, 0.15) is 12.5 Å². The lowest BCUT2D eigenvalue weighted by Crippen LogP contribution is -2.48. The van der Waals surface area contributed by atoms with Crippen molar-refractivity contribution < 1.29 is 4.79 Å². The number of carbonyl (C=O) groups excluding carboxylic acids is 1. The molecule has 1 aromatic carbocycles. The molecule has 0 bridgehead atoms. The zero-order valence-corrected chi connectivity index (χ0v) is 11.9. The summed E-state index contributed by atoms with van der Waals surface area (Å²) in [7, 11) is 0. The van der Waals surface area contributed by atoms with Crippen LogP contribution < -0.4 is 10.2 Å². The van der Waals surface area contributed by atoms with Gasteiger partial charge in [0.05, 0.1) is 0 Å². The minimum Gasteiger partial charge on any atom is -0.369 e.